The Kier molecular flexibility index (Phi) is 10.0. The zero-order valence-electron chi connectivity index (χ0n) is 25.3. The summed E-state index contributed by atoms with van der Waals surface area (Å²) in [5.74, 6) is -5.21. The number of halogens is 3. The molecule has 1 saturated carbocycles. The number of hydrogen-bond acceptors (Lipinski definition) is 6. The molecule has 0 radical (unpaired) electrons. The molecule has 14 heteroatoms. The molecule has 0 spiro atoms. The minimum atomic E-state index is -5.18. The van der Waals surface area contributed by atoms with Crippen LogP contribution in [0.3, 0.4) is 0 Å². The molecule has 4 N–H and O–H groups in total. The summed E-state index contributed by atoms with van der Waals surface area (Å²) in [6.07, 6.45) is -4.53. The zero-order chi connectivity index (χ0) is 32.6. The van der Waals surface area contributed by atoms with Crippen molar-refractivity contribution in [3.63, 3.8) is 0 Å². The fourth-order valence-corrected chi connectivity index (χ4v) is 7.04. The second-order valence-corrected chi connectivity index (χ2v) is 13.2. The molecular formula is C28H42F3N5O6. The molecule has 11 nitrogen and oxygen atoms in total. The van der Waals surface area contributed by atoms with Crippen molar-refractivity contribution in [1.82, 2.24) is 20.9 Å². The number of nitrogens with one attached hydrogen (secondary N) is 3. The minimum Gasteiger partial charge on any atom is -0.481 e. The lowest BCUT2D eigenvalue weighted by molar-refractivity contribution is -0.176. The van der Waals surface area contributed by atoms with Gasteiger partial charge in [0.15, 0.2) is 0 Å². The van der Waals surface area contributed by atoms with Gasteiger partial charge >= 0.3 is 12.1 Å². The lowest BCUT2D eigenvalue weighted by atomic mass is 9.77. The number of nitrogens with zero attached hydrogens (tertiary/aromatic N) is 2. The number of hydrogen-bond donors (Lipinski definition) is 4. The van der Waals surface area contributed by atoms with Crippen LogP contribution in [0.1, 0.15) is 68.2 Å². The summed E-state index contributed by atoms with van der Waals surface area (Å²) in [6.45, 7) is 14.2. The molecular weight excluding hydrogens is 559 g/mol. The lowest BCUT2D eigenvalue weighted by Crippen LogP contribution is -2.62. The number of alkyl halides is 3. The van der Waals surface area contributed by atoms with E-state index in [-0.39, 0.29) is 36.1 Å². The maximum Gasteiger partial charge on any atom is 0.471 e. The van der Waals surface area contributed by atoms with E-state index >= 15 is 0 Å². The SMILES string of the molecule is CC(=O)O.CC(C)[C@@]12[C@@H](C(=O)N[C@H](C#N)C[C@@H]3CCNC3=O)N(C(=O)[C@@H](NC(=O)C(F)(F)F)C(C)(C)C)C[C@H]1C2(C)C. The summed E-state index contributed by atoms with van der Waals surface area (Å²) in [5, 5.41) is 24.4. The molecule has 0 aromatic rings. The van der Waals surface area contributed by atoms with E-state index in [1.807, 2.05) is 39.1 Å². The number of carboxylic acid groups (broad SMARTS) is 1. The Morgan fingerprint density at radius 1 is 1.17 bits per heavy atom. The van der Waals surface area contributed by atoms with Gasteiger partial charge in [-0.1, -0.05) is 48.5 Å². The van der Waals surface area contributed by atoms with E-state index in [1.165, 1.54) is 4.90 Å². The highest BCUT2D eigenvalue weighted by molar-refractivity contribution is 5.95. The van der Waals surface area contributed by atoms with Crippen LogP contribution in [0.5, 0.6) is 0 Å². The third-order valence-corrected chi connectivity index (χ3v) is 8.91. The van der Waals surface area contributed by atoms with Crippen LogP contribution in [0.25, 0.3) is 0 Å². The molecule has 0 bridgehead atoms. The molecule has 236 valence electrons. The third-order valence-electron chi connectivity index (χ3n) is 8.91. The Morgan fingerprint density at radius 2 is 1.71 bits per heavy atom. The normalized spacial score (nSPS) is 27.5. The van der Waals surface area contributed by atoms with Crippen LogP contribution in [0.2, 0.25) is 0 Å². The minimum absolute atomic E-state index is 0.0740. The van der Waals surface area contributed by atoms with Gasteiger partial charge in [-0.3, -0.25) is 24.0 Å². The molecule has 0 unspecified atom stereocenters. The van der Waals surface area contributed by atoms with E-state index in [4.69, 9.17) is 9.90 Å². The number of carbonyl (C=O) groups is 5. The first-order valence-corrected chi connectivity index (χ1v) is 13.9. The highest BCUT2D eigenvalue weighted by Crippen LogP contribution is 2.78. The summed E-state index contributed by atoms with van der Waals surface area (Å²) in [6, 6.07) is -1.55. The van der Waals surface area contributed by atoms with Gasteiger partial charge in [-0.25, -0.2) is 0 Å². The van der Waals surface area contributed by atoms with Gasteiger partial charge in [0, 0.05) is 31.3 Å². The average molecular weight is 602 g/mol. The lowest BCUT2D eigenvalue weighted by Gasteiger charge is -2.41. The van der Waals surface area contributed by atoms with Crippen LogP contribution in [-0.4, -0.2) is 77.0 Å². The molecule has 2 heterocycles. The van der Waals surface area contributed by atoms with Gasteiger partial charge in [0.2, 0.25) is 17.7 Å². The number of rotatable bonds is 7. The van der Waals surface area contributed by atoms with Crippen molar-refractivity contribution in [1.29, 1.82) is 5.26 Å². The van der Waals surface area contributed by atoms with Crippen LogP contribution >= 0.6 is 0 Å². The smallest absolute Gasteiger partial charge is 0.471 e. The van der Waals surface area contributed by atoms with Gasteiger partial charge in [0.1, 0.15) is 18.1 Å². The van der Waals surface area contributed by atoms with Crippen molar-refractivity contribution in [3.8, 4) is 6.07 Å². The van der Waals surface area contributed by atoms with E-state index in [0.717, 1.165) is 6.92 Å². The third kappa shape index (κ3) is 6.65. The van der Waals surface area contributed by atoms with E-state index in [9.17, 15) is 37.6 Å². The number of aliphatic carboxylic acids is 1. The number of carboxylic acids is 1. The predicted molar refractivity (Wildman–Crippen MR) is 144 cm³/mol. The Labute approximate surface area is 243 Å². The monoisotopic (exact) mass is 601 g/mol. The highest BCUT2D eigenvalue weighted by atomic mass is 19.4. The van der Waals surface area contributed by atoms with Gasteiger partial charge in [0.25, 0.3) is 5.97 Å². The molecule has 0 aromatic carbocycles. The van der Waals surface area contributed by atoms with Crippen molar-refractivity contribution in [2.24, 2.45) is 34.0 Å². The zero-order valence-corrected chi connectivity index (χ0v) is 25.3. The number of amides is 4. The van der Waals surface area contributed by atoms with Crippen LogP contribution in [-0.2, 0) is 24.0 Å². The largest absolute Gasteiger partial charge is 0.481 e. The van der Waals surface area contributed by atoms with Crippen LogP contribution < -0.4 is 16.0 Å². The molecule has 1 aliphatic carbocycles. The van der Waals surface area contributed by atoms with E-state index < -0.39 is 64.7 Å². The van der Waals surface area contributed by atoms with Crippen molar-refractivity contribution >= 4 is 29.6 Å². The van der Waals surface area contributed by atoms with Gasteiger partial charge in [-0.2, -0.15) is 18.4 Å². The first-order valence-electron chi connectivity index (χ1n) is 13.9. The average Bonchev–Trinajstić information content (AvgIpc) is 3.17. The fourth-order valence-electron chi connectivity index (χ4n) is 7.04. The molecule has 4 amide bonds. The molecule has 42 heavy (non-hydrogen) atoms. The van der Waals surface area contributed by atoms with E-state index in [2.05, 4.69) is 10.6 Å². The van der Waals surface area contributed by atoms with Crippen LogP contribution in [0.4, 0.5) is 13.2 Å². The Morgan fingerprint density at radius 3 is 2.12 bits per heavy atom. The first kappa shape index (κ1) is 34.8. The molecule has 3 aliphatic rings. The molecule has 0 aromatic heterocycles. The van der Waals surface area contributed by atoms with E-state index in [1.54, 1.807) is 20.8 Å². The van der Waals surface area contributed by atoms with Crippen LogP contribution in [0, 0.1) is 45.3 Å². The molecule has 6 atom stereocenters. The van der Waals surface area contributed by atoms with Gasteiger partial charge in [0.05, 0.1) is 6.07 Å². The molecule has 3 fully saturated rings. The number of fused-ring (bicyclic) bond motifs is 1. The topological polar surface area (TPSA) is 169 Å². The number of carbonyl (C=O) groups excluding carboxylic acids is 4. The summed E-state index contributed by atoms with van der Waals surface area (Å²) in [5.41, 5.74) is -2.11. The first-order chi connectivity index (χ1) is 19.0. The standard InChI is InChI=1S/C26H38F3N5O4.C2H4O2/c1-13(2)25-16(24(25,6)7)12-34(21(37)17(23(3,4)5)33-22(38)26(27,28)29)18(25)20(36)32-15(11-30)10-14-8-9-31-19(14)35;1-2(3)4/h13-18H,8-10,12H2,1-7H3,(H,31,35)(H,32,36)(H,33,38);1H3,(H,3,4)/t14-,15-,16-,17+,18+,25-;/m0./s1. The van der Waals surface area contributed by atoms with Gasteiger partial charge in [-0.05, 0) is 35.5 Å². The van der Waals surface area contributed by atoms with Crippen molar-refractivity contribution in [2.75, 3.05) is 13.1 Å². The van der Waals surface area contributed by atoms with Gasteiger partial charge in [-0.15, -0.1) is 0 Å². The van der Waals surface area contributed by atoms with Crippen molar-refractivity contribution < 1.29 is 42.3 Å². The summed E-state index contributed by atoms with van der Waals surface area (Å²) >= 11 is 0. The number of piperidine rings is 1. The quantitative estimate of drug-likeness (QED) is 0.347. The predicted octanol–water partition coefficient (Wildman–Crippen LogP) is 2.21. The van der Waals surface area contributed by atoms with Crippen LogP contribution in [0.15, 0.2) is 0 Å². The van der Waals surface area contributed by atoms with E-state index in [0.29, 0.717) is 13.0 Å². The van der Waals surface area contributed by atoms with Gasteiger partial charge < -0.3 is 26.0 Å². The summed E-state index contributed by atoms with van der Waals surface area (Å²) in [7, 11) is 0. The second-order valence-electron chi connectivity index (χ2n) is 13.2. The second kappa shape index (κ2) is 12.1. The van der Waals surface area contributed by atoms with Crippen molar-refractivity contribution in [3.05, 3.63) is 0 Å². The number of likely N-dealkylation sites (tertiary alicyclic amines) is 1. The van der Waals surface area contributed by atoms with Crippen molar-refractivity contribution in [2.45, 2.75) is 92.5 Å². The Balaban J connectivity index is 0.00000144. The fraction of sp³-hybridized carbons (Fsp3) is 0.786. The molecule has 3 rings (SSSR count). The highest BCUT2D eigenvalue weighted by Gasteiger charge is 2.81. The molecule has 2 saturated heterocycles. The maximum absolute atomic E-state index is 13.8. The Hall–Kier alpha value is -3.37. The Bertz CT molecular complexity index is 1140. The maximum atomic E-state index is 13.8. The summed E-state index contributed by atoms with van der Waals surface area (Å²) < 4.78 is 39.3. The molecule has 2 aliphatic heterocycles. The number of nitriles is 1. The summed E-state index contributed by atoms with van der Waals surface area (Å²) in [4.78, 5) is 61.8.